The second-order valence-corrected chi connectivity index (χ2v) is 4.83. The molecule has 0 aromatic carbocycles. The maximum Gasteiger partial charge on any atom is 0.00671 e. The molecule has 1 aliphatic rings. The normalized spacial score (nSPS) is 30.2. The molecule has 1 rings (SSSR count). The van der Waals surface area contributed by atoms with Gasteiger partial charge in [-0.25, -0.2) is 0 Å². The van der Waals surface area contributed by atoms with Gasteiger partial charge in [-0.2, -0.15) is 0 Å². The average molecular weight is 198 g/mol. The molecule has 2 nitrogen and oxygen atoms in total. The predicted octanol–water partition coefficient (Wildman–Crippen LogP) is 2.41. The fourth-order valence-corrected chi connectivity index (χ4v) is 2.44. The van der Waals surface area contributed by atoms with Gasteiger partial charge in [0.2, 0.25) is 0 Å². The highest BCUT2D eigenvalue weighted by Crippen LogP contribution is 2.27. The van der Waals surface area contributed by atoms with Crippen LogP contribution >= 0.6 is 0 Å². The maximum absolute atomic E-state index is 6.19. The molecular formula is C12H26N2. The first-order chi connectivity index (χ1) is 6.74. The molecule has 4 N–H and O–H groups in total. The van der Waals surface area contributed by atoms with Crippen molar-refractivity contribution in [1.29, 1.82) is 0 Å². The van der Waals surface area contributed by atoms with Crippen molar-refractivity contribution in [2.75, 3.05) is 0 Å². The Kier molecular flexibility index (Phi) is 5.49. The minimum Gasteiger partial charge on any atom is -0.328 e. The monoisotopic (exact) mass is 198 g/mol. The quantitative estimate of drug-likeness (QED) is 0.667. The molecule has 0 radical (unpaired) electrons. The van der Waals surface area contributed by atoms with Gasteiger partial charge in [-0.1, -0.05) is 26.2 Å². The first-order valence-electron chi connectivity index (χ1n) is 6.25. The number of nitrogens with two attached hydrogens (primary N) is 2. The van der Waals surface area contributed by atoms with E-state index in [9.17, 15) is 0 Å². The molecule has 14 heavy (non-hydrogen) atoms. The van der Waals surface area contributed by atoms with Gasteiger partial charge in [-0.3, -0.25) is 0 Å². The molecule has 0 spiro atoms. The highest BCUT2D eigenvalue weighted by Gasteiger charge is 2.23. The Morgan fingerprint density at radius 2 is 1.79 bits per heavy atom. The van der Waals surface area contributed by atoms with Gasteiger partial charge >= 0.3 is 0 Å². The van der Waals surface area contributed by atoms with E-state index in [1.165, 1.54) is 51.4 Å². The largest absolute Gasteiger partial charge is 0.328 e. The Labute approximate surface area is 88.4 Å². The average Bonchev–Trinajstić information content (AvgIpc) is 2.19. The van der Waals surface area contributed by atoms with Crippen LogP contribution in [0.2, 0.25) is 0 Å². The van der Waals surface area contributed by atoms with Crippen LogP contribution in [-0.2, 0) is 0 Å². The van der Waals surface area contributed by atoms with E-state index >= 15 is 0 Å². The van der Waals surface area contributed by atoms with Crippen molar-refractivity contribution in [3.63, 3.8) is 0 Å². The Bertz CT molecular complexity index is 139. The van der Waals surface area contributed by atoms with Gasteiger partial charge in [0.1, 0.15) is 0 Å². The Morgan fingerprint density at radius 1 is 1.14 bits per heavy atom. The molecule has 0 bridgehead atoms. The van der Waals surface area contributed by atoms with Crippen LogP contribution in [0.25, 0.3) is 0 Å². The van der Waals surface area contributed by atoms with E-state index in [0.717, 1.165) is 5.92 Å². The Balaban J connectivity index is 2.13. The lowest BCUT2D eigenvalue weighted by Crippen LogP contribution is -2.36. The summed E-state index contributed by atoms with van der Waals surface area (Å²) in [7, 11) is 0. The van der Waals surface area contributed by atoms with Gasteiger partial charge in [0.05, 0.1) is 0 Å². The van der Waals surface area contributed by atoms with Crippen LogP contribution in [0.1, 0.15) is 58.3 Å². The van der Waals surface area contributed by atoms with Crippen LogP contribution in [0.3, 0.4) is 0 Å². The molecule has 2 heteroatoms. The summed E-state index contributed by atoms with van der Waals surface area (Å²) in [4.78, 5) is 0. The molecule has 0 heterocycles. The summed E-state index contributed by atoms with van der Waals surface area (Å²) in [5, 5.41) is 0. The first-order valence-corrected chi connectivity index (χ1v) is 6.25. The van der Waals surface area contributed by atoms with Crippen molar-refractivity contribution in [3.05, 3.63) is 0 Å². The zero-order valence-electron chi connectivity index (χ0n) is 9.54. The molecule has 1 atom stereocenters. The summed E-state index contributed by atoms with van der Waals surface area (Å²) in [6.07, 6.45) is 10.0. The molecule has 1 unspecified atom stereocenters. The number of hydrogen-bond donors (Lipinski definition) is 2. The molecule has 0 aromatic rings. The number of rotatable bonds is 5. The molecule has 1 fully saturated rings. The minimum atomic E-state index is 0.439. The van der Waals surface area contributed by atoms with Gasteiger partial charge < -0.3 is 11.5 Å². The molecule has 0 saturated heterocycles. The maximum atomic E-state index is 6.19. The van der Waals surface area contributed by atoms with E-state index in [4.69, 9.17) is 11.5 Å². The molecule has 0 aromatic heterocycles. The van der Waals surface area contributed by atoms with Gasteiger partial charge in [-0.05, 0) is 38.0 Å². The first kappa shape index (κ1) is 12.0. The van der Waals surface area contributed by atoms with E-state index in [1.54, 1.807) is 0 Å². The molecule has 84 valence electrons. The molecule has 1 saturated carbocycles. The van der Waals surface area contributed by atoms with E-state index in [-0.39, 0.29) is 0 Å². The van der Waals surface area contributed by atoms with Crippen LogP contribution in [0.5, 0.6) is 0 Å². The third kappa shape index (κ3) is 3.97. The van der Waals surface area contributed by atoms with Crippen LogP contribution in [0, 0.1) is 5.92 Å². The second-order valence-electron chi connectivity index (χ2n) is 4.83. The van der Waals surface area contributed by atoms with Crippen molar-refractivity contribution in [1.82, 2.24) is 0 Å². The minimum absolute atomic E-state index is 0.439. The fraction of sp³-hybridized carbons (Fsp3) is 1.00. The highest BCUT2D eigenvalue weighted by molar-refractivity contribution is 4.80. The third-order valence-electron chi connectivity index (χ3n) is 3.56. The Hall–Kier alpha value is -0.0800. The van der Waals surface area contributed by atoms with Crippen LogP contribution in [-0.4, -0.2) is 12.1 Å². The third-order valence-corrected chi connectivity index (χ3v) is 3.56. The summed E-state index contributed by atoms with van der Waals surface area (Å²) in [5.74, 6) is 0.756. The van der Waals surface area contributed by atoms with E-state index < -0.39 is 0 Å². The topological polar surface area (TPSA) is 52.0 Å². The van der Waals surface area contributed by atoms with Crippen molar-refractivity contribution in [3.8, 4) is 0 Å². The predicted molar refractivity (Wildman–Crippen MR) is 62.1 cm³/mol. The van der Waals surface area contributed by atoms with Gasteiger partial charge in [0.15, 0.2) is 0 Å². The summed E-state index contributed by atoms with van der Waals surface area (Å²) >= 11 is 0. The van der Waals surface area contributed by atoms with Crippen molar-refractivity contribution < 1.29 is 0 Å². The highest BCUT2D eigenvalue weighted by atomic mass is 14.7. The zero-order valence-corrected chi connectivity index (χ0v) is 9.54. The summed E-state index contributed by atoms with van der Waals surface area (Å²) in [6.45, 7) is 2.24. The van der Waals surface area contributed by atoms with E-state index in [2.05, 4.69) is 6.92 Å². The van der Waals surface area contributed by atoms with Crippen molar-refractivity contribution in [2.45, 2.75) is 70.4 Å². The van der Waals surface area contributed by atoms with E-state index in [1.807, 2.05) is 0 Å². The summed E-state index contributed by atoms with van der Waals surface area (Å²) in [6, 6.07) is 0.892. The van der Waals surface area contributed by atoms with Crippen LogP contribution in [0.15, 0.2) is 0 Å². The smallest absolute Gasteiger partial charge is 0.00671 e. The molecule has 1 aliphatic carbocycles. The number of unbranched alkanes of at least 4 members (excludes halogenated alkanes) is 2. The summed E-state index contributed by atoms with van der Waals surface area (Å²) in [5.41, 5.74) is 12.1. The molecule has 0 aliphatic heterocycles. The fourth-order valence-electron chi connectivity index (χ4n) is 2.44. The zero-order chi connectivity index (χ0) is 10.4. The lowest BCUT2D eigenvalue weighted by molar-refractivity contribution is 0.271. The van der Waals surface area contributed by atoms with E-state index in [0.29, 0.717) is 12.1 Å². The van der Waals surface area contributed by atoms with Crippen molar-refractivity contribution in [2.24, 2.45) is 17.4 Å². The molecule has 0 amide bonds. The van der Waals surface area contributed by atoms with Crippen LogP contribution < -0.4 is 11.5 Å². The SMILES string of the molecule is CCCCCC(N)C1CCC(N)CC1. The second kappa shape index (κ2) is 6.41. The van der Waals surface area contributed by atoms with Gasteiger partial charge in [0.25, 0.3) is 0 Å². The lowest BCUT2D eigenvalue weighted by atomic mass is 9.80. The lowest BCUT2D eigenvalue weighted by Gasteiger charge is -2.30. The van der Waals surface area contributed by atoms with Crippen molar-refractivity contribution >= 4 is 0 Å². The number of hydrogen-bond acceptors (Lipinski definition) is 2. The summed E-state index contributed by atoms with van der Waals surface area (Å²) < 4.78 is 0. The standard InChI is InChI=1S/C12H26N2/c1-2-3-4-5-12(14)10-6-8-11(13)9-7-10/h10-12H,2-9,13-14H2,1H3. The molecular weight excluding hydrogens is 172 g/mol. The van der Waals surface area contributed by atoms with Gasteiger partial charge in [0, 0.05) is 12.1 Å². The Morgan fingerprint density at radius 3 is 2.36 bits per heavy atom. The van der Waals surface area contributed by atoms with Crippen LogP contribution in [0.4, 0.5) is 0 Å². The van der Waals surface area contributed by atoms with Gasteiger partial charge in [-0.15, -0.1) is 0 Å².